The monoisotopic (exact) mass is 241 g/mol. The zero-order valence-electron chi connectivity index (χ0n) is 12.7. The van der Waals surface area contributed by atoms with E-state index in [2.05, 4.69) is 61.1 Å². The maximum absolute atomic E-state index is 8.03. The molecule has 0 spiro atoms. The standard InChI is InChI=1S/C17H22N/c1-13(2)11-15-9-10-18(4)17(12-15)16-8-6-5-7-14(16)3/h5-10,12-13H,11H2,1-4H3/q+1/i13D. The molecule has 0 aliphatic carbocycles. The number of pyridine rings is 1. The van der Waals surface area contributed by atoms with E-state index in [1.54, 1.807) is 0 Å². The van der Waals surface area contributed by atoms with Crippen LogP contribution in [-0.4, -0.2) is 0 Å². The maximum atomic E-state index is 8.03. The number of rotatable bonds is 3. The molecule has 0 aliphatic heterocycles. The predicted octanol–water partition coefficient (Wildman–Crippen LogP) is 3.69. The highest BCUT2D eigenvalue weighted by atomic mass is 14.9. The Balaban J connectivity index is 2.46. The Morgan fingerprint density at radius 1 is 1.22 bits per heavy atom. The molecule has 0 saturated carbocycles. The lowest BCUT2D eigenvalue weighted by atomic mass is 9.99. The summed E-state index contributed by atoms with van der Waals surface area (Å²) >= 11 is 0. The summed E-state index contributed by atoms with van der Waals surface area (Å²) in [5.41, 5.74) is 4.96. The molecule has 94 valence electrons. The zero-order chi connectivity index (χ0) is 14.0. The topological polar surface area (TPSA) is 3.88 Å². The van der Waals surface area contributed by atoms with Gasteiger partial charge in [-0.3, -0.25) is 0 Å². The minimum absolute atomic E-state index is 0.428. The van der Waals surface area contributed by atoms with E-state index in [9.17, 15) is 0 Å². The molecule has 0 bridgehead atoms. The third-order valence-electron chi connectivity index (χ3n) is 3.19. The molecule has 1 heterocycles. The summed E-state index contributed by atoms with van der Waals surface area (Å²) < 4.78 is 10.2. The lowest BCUT2D eigenvalue weighted by Crippen LogP contribution is -2.30. The molecule has 0 fully saturated rings. The van der Waals surface area contributed by atoms with Crippen LogP contribution >= 0.6 is 0 Å². The summed E-state index contributed by atoms with van der Waals surface area (Å²) in [5.74, 6) is -0.428. The first-order valence-corrected chi connectivity index (χ1v) is 6.41. The van der Waals surface area contributed by atoms with Gasteiger partial charge in [-0.05, 0) is 36.4 Å². The number of aromatic nitrogens is 1. The Labute approximate surface area is 112 Å². The summed E-state index contributed by atoms with van der Waals surface area (Å²) in [6.45, 7) is 6.04. The highest BCUT2D eigenvalue weighted by Gasteiger charge is 2.13. The molecule has 0 atom stereocenters. The number of hydrogen-bond donors (Lipinski definition) is 0. The molecule has 1 nitrogen and oxygen atoms in total. The van der Waals surface area contributed by atoms with Crippen molar-refractivity contribution in [2.75, 3.05) is 0 Å². The smallest absolute Gasteiger partial charge is 0.201 e. The number of aryl methyl sites for hydroxylation is 2. The van der Waals surface area contributed by atoms with Crippen LogP contribution in [0.2, 0.25) is 0 Å². The summed E-state index contributed by atoms with van der Waals surface area (Å²) in [6.07, 6.45) is 2.86. The quantitative estimate of drug-likeness (QED) is 0.722. The Morgan fingerprint density at radius 3 is 2.61 bits per heavy atom. The molecule has 0 unspecified atom stereocenters. The van der Waals surface area contributed by atoms with Crippen molar-refractivity contribution >= 4 is 0 Å². The van der Waals surface area contributed by atoms with E-state index in [0.29, 0.717) is 0 Å². The Bertz CT molecular complexity index is 582. The second-order valence-corrected chi connectivity index (χ2v) is 5.23. The molecule has 2 aromatic rings. The lowest BCUT2D eigenvalue weighted by molar-refractivity contribution is -0.660. The molecule has 2 rings (SSSR count). The van der Waals surface area contributed by atoms with E-state index in [1.807, 2.05) is 13.8 Å². The van der Waals surface area contributed by atoms with Crippen molar-refractivity contribution in [1.82, 2.24) is 0 Å². The van der Waals surface area contributed by atoms with Crippen LogP contribution in [-0.2, 0) is 13.5 Å². The molecular formula is C17H22N+. The molecule has 1 aromatic carbocycles. The third-order valence-corrected chi connectivity index (χ3v) is 3.19. The molecule has 1 heteroatoms. The van der Waals surface area contributed by atoms with Gasteiger partial charge in [0.1, 0.15) is 7.05 Å². The van der Waals surface area contributed by atoms with E-state index in [1.165, 1.54) is 22.4 Å². The normalized spacial score (nSPS) is 12.3. The second-order valence-electron chi connectivity index (χ2n) is 5.23. The fourth-order valence-electron chi connectivity index (χ4n) is 2.26. The summed E-state index contributed by atoms with van der Waals surface area (Å²) in [5, 5.41) is 0. The highest BCUT2D eigenvalue weighted by molar-refractivity contribution is 5.61. The fraction of sp³-hybridized carbons (Fsp3) is 0.353. The second kappa shape index (κ2) is 5.34. The average molecular weight is 241 g/mol. The minimum Gasteiger partial charge on any atom is -0.201 e. The molecule has 18 heavy (non-hydrogen) atoms. The summed E-state index contributed by atoms with van der Waals surface area (Å²) in [4.78, 5) is 0. The van der Waals surface area contributed by atoms with Gasteiger partial charge in [0.05, 0.1) is 0 Å². The van der Waals surface area contributed by atoms with E-state index in [0.717, 1.165) is 6.42 Å². The summed E-state index contributed by atoms with van der Waals surface area (Å²) in [6, 6.07) is 12.7. The van der Waals surface area contributed by atoms with Crippen LogP contribution < -0.4 is 4.57 Å². The largest absolute Gasteiger partial charge is 0.212 e. The van der Waals surface area contributed by atoms with Crippen molar-refractivity contribution in [2.45, 2.75) is 27.2 Å². The molecule has 0 radical (unpaired) electrons. The Kier molecular flexibility index (Phi) is 3.40. The average Bonchev–Trinajstić information content (AvgIpc) is 2.31. The molecule has 0 amide bonds. The number of benzene rings is 1. The molecule has 0 saturated heterocycles. The third kappa shape index (κ3) is 2.79. The van der Waals surface area contributed by atoms with Crippen LogP contribution in [0.3, 0.4) is 0 Å². The first kappa shape index (κ1) is 11.5. The number of nitrogens with zero attached hydrogens (tertiary/aromatic N) is 1. The van der Waals surface area contributed by atoms with Gasteiger partial charge in [-0.2, -0.15) is 0 Å². The van der Waals surface area contributed by atoms with Gasteiger partial charge in [-0.15, -0.1) is 0 Å². The Morgan fingerprint density at radius 2 is 1.94 bits per heavy atom. The molecule has 0 N–H and O–H groups in total. The maximum Gasteiger partial charge on any atom is 0.212 e. The SMILES string of the molecule is [2H]C(C)(C)Cc1cc[n+](C)c(-c2ccccc2C)c1. The first-order valence-electron chi connectivity index (χ1n) is 6.91. The zero-order valence-corrected chi connectivity index (χ0v) is 11.7. The van der Waals surface area contributed by atoms with Gasteiger partial charge in [-0.25, -0.2) is 4.57 Å². The fourth-order valence-corrected chi connectivity index (χ4v) is 2.26. The van der Waals surface area contributed by atoms with Crippen LogP contribution in [0.4, 0.5) is 0 Å². The van der Waals surface area contributed by atoms with Crippen LogP contribution in [0, 0.1) is 12.8 Å². The van der Waals surface area contributed by atoms with Crippen molar-refractivity contribution in [1.29, 1.82) is 0 Å². The molecule has 1 aromatic heterocycles. The minimum atomic E-state index is -0.428. The number of hydrogen-bond acceptors (Lipinski definition) is 0. The van der Waals surface area contributed by atoms with Crippen molar-refractivity contribution in [2.24, 2.45) is 12.9 Å². The van der Waals surface area contributed by atoms with Crippen molar-refractivity contribution < 1.29 is 5.94 Å². The van der Waals surface area contributed by atoms with Gasteiger partial charge in [0.15, 0.2) is 6.20 Å². The predicted molar refractivity (Wildman–Crippen MR) is 76.3 cm³/mol. The highest BCUT2D eigenvalue weighted by Crippen LogP contribution is 2.21. The van der Waals surface area contributed by atoms with Crippen LogP contribution in [0.1, 0.15) is 26.3 Å². The van der Waals surface area contributed by atoms with Crippen LogP contribution in [0.25, 0.3) is 11.3 Å². The van der Waals surface area contributed by atoms with E-state index in [4.69, 9.17) is 1.37 Å². The van der Waals surface area contributed by atoms with Gasteiger partial charge in [0, 0.05) is 19.1 Å². The first-order chi connectivity index (χ1) is 8.87. The van der Waals surface area contributed by atoms with Gasteiger partial charge in [0.2, 0.25) is 5.69 Å². The van der Waals surface area contributed by atoms with Crippen molar-refractivity contribution in [3.8, 4) is 11.3 Å². The molecular weight excluding hydrogens is 218 g/mol. The van der Waals surface area contributed by atoms with Crippen molar-refractivity contribution in [3.05, 3.63) is 53.7 Å². The van der Waals surface area contributed by atoms with Gasteiger partial charge >= 0.3 is 0 Å². The lowest BCUT2D eigenvalue weighted by Gasteiger charge is -2.08. The van der Waals surface area contributed by atoms with Gasteiger partial charge in [0.25, 0.3) is 0 Å². The van der Waals surface area contributed by atoms with E-state index >= 15 is 0 Å². The van der Waals surface area contributed by atoms with Crippen molar-refractivity contribution in [3.63, 3.8) is 0 Å². The van der Waals surface area contributed by atoms with Gasteiger partial charge < -0.3 is 0 Å². The van der Waals surface area contributed by atoms with E-state index < -0.39 is 5.89 Å². The van der Waals surface area contributed by atoms with E-state index in [-0.39, 0.29) is 0 Å². The molecule has 0 aliphatic rings. The van der Waals surface area contributed by atoms with Crippen LogP contribution in [0.15, 0.2) is 42.6 Å². The summed E-state index contributed by atoms with van der Waals surface area (Å²) in [7, 11) is 2.07. The van der Waals surface area contributed by atoms with Gasteiger partial charge in [-0.1, -0.05) is 32.0 Å². The Hall–Kier alpha value is -1.63. The van der Waals surface area contributed by atoms with Crippen LogP contribution in [0.5, 0.6) is 0 Å².